The lowest BCUT2D eigenvalue weighted by molar-refractivity contribution is 0.255. The minimum atomic E-state index is 0.598. The third-order valence-corrected chi connectivity index (χ3v) is 2.76. The minimum absolute atomic E-state index is 0.598. The minimum Gasteiger partial charge on any atom is -0.492 e. The van der Waals surface area contributed by atoms with Crippen molar-refractivity contribution in [1.29, 1.82) is 0 Å². The van der Waals surface area contributed by atoms with Gasteiger partial charge in [0.1, 0.15) is 5.75 Å². The van der Waals surface area contributed by atoms with E-state index in [-0.39, 0.29) is 0 Å². The van der Waals surface area contributed by atoms with Gasteiger partial charge in [-0.3, -0.25) is 4.98 Å². The van der Waals surface area contributed by atoms with E-state index in [1.807, 2.05) is 18.3 Å². The van der Waals surface area contributed by atoms with Gasteiger partial charge in [-0.2, -0.15) is 0 Å². The van der Waals surface area contributed by atoms with Gasteiger partial charge >= 0.3 is 0 Å². The molecule has 1 rings (SSSR count). The summed E-state index contributed by atoms with van der Waals surface area (Å²) in [4.78, 5) is 4.37. The molecule has 0 aliphatic carbocycles. The molecule has 1 heterocycles. The summed E-state index contributed by atoms with van der Waals surface area (Å²) in [7, 11) is 0. The molecule has 0 aliphatic heterocycles. The molecule has 0 saturated carbocycles. The van der Waals surface area contributed by atoms with Crippen molar-refractivity contribution in [3.8, 4) is 5.75 Å². The Hall–Kier alpha value is -1.09. The number of ether oxygens (including phenoxy) is 1. The standard InChI is InChI=1S/C14H24N2O/c1-4-8-15-9-13-6-7-14(10-16-13)17-11-12(3)5-2/h6-7,10,12,15H,4-5,8-9,11H2,1-3H3. The molecule has 0 aromatic carbocycles. The zero-order valence-corrected chi connectivity index (χ0v) is 11.2. The Morgan fingerprint density at radius 3 is 2.76 bits per heavy atom. The highest BCUT2D eigenvalue weighted by Gasteiger charge is 2.01. The largest absolute Gasteiger partial charge is 0.492 e. The van der Waals surface area contributed by atoms with Gasteiger partial charge in [0.2, 0.25) is 0 Å². The lowest BCUT2D eigenvalue weighted by atomic mass is 10.1. The Morgan fingerprint density at radius 2 is 2.18 bits per heavy atom. The Morgan fingerprint density at radius 1 is 1.35 bits per heavy atom. The average Bonchev–Trinajstić information content (AvgIpc) is 2.37. The number of hydrogen-bond donors (Lipinski definition) is 1. The number of hydrogen-bond acceptors (Lipinski definition) is 3. The summed E-state index contributed by atoms with van der Waals surface area (Å²) in [5.41, 5.74) is 1.06. The van der Waals surface area contributed by atoms with Crippen LogP contribution in [0, 0.1) is 5.92 Å². The number of aromatic nitrogens is 1. The van der Waals surface area contributed by atoms with Crippen LogP contribution in [-0.4, -0.2) is 18.1 Å². The van der Waals surface area contributed by atoms with Crippen LogP contribution < -0.4 is 10.1 Å². The Kier molecular flexibility index (Phi) is 6.63. The molecule has 96 valence electrons. The predicted molar refractivity (Wildman–Crippen MR) is 71.2 cm³/mol. The van der Waals surface area contributed by atoms with E-state index in [2.05, 4.69) is 31.1 Å². The van der Waals surface area contributed by atoms with Crippen molar-refractivity contribution in [2.75, 3.05) is 13.2 Å². The first-order valence-corrected chi connectivity index (χ1v) is 6.54. The molecule has 0 bridgehead atoms. The van der Waals surface area contributed by atoms with E-state index >= 15 is 0 Å². The Bertz CT molecular complexity index is 298. The van der Waals surface area contributed by atoms with Gasteiger partial charge in [0, 0.05) is 6.54 Å². The molecule has 0 fully saturated rings. The lowest BCUT2D eigenvalue weighted by Gasteiger charge is -2.11. The fourth-order valence-electron chi connectivity index (χ4n) is 1.35. The maximum absolute atomic E-state index is 5.66. The normalized spacial score (nSPS) is 12.4. The molecular formula is C14H24N2O. The van der Waals surface area contributed by atoms with Crippen molar-refractivity contribution in [2.24, 2.45) is 5.92 Å². The highest BCUT2D eigenvalue weighted by Crippen LogP contribution is 2.11. The molecule has 1 aromatic heterocycles. The number of nitrogens with zero attached hydrogens (tertiary/aromatic N) is 1. The summed E-state index contributed by atoms with van der Waals surface area (Å²) in [5, 5.41) is 3.33. The SMILES string of the molecule is CCCNCc1ccc(OCC(C)CC)cn1. The smallest absolute Gasteiger partial charge is 0.137 e. The van der Waals surface area contributed by atoms with E-state index in [0.717, 1.165) is 44.0 Å². The first-order chi connectivity index (χ1) is 8.26. The molecule has 0 spiro atoms. The molecule has 3 nitrogen and oxygen atoms in total. The van der Waals surface area contributed by atoms with Gasteiger partial charge in [-0.15, -0.1) is 0 Å². The maximum atomic E-state index is 5.66. The molecule has 1 unspecified atom stereocenters. The molecule has 1 aromatic rings. The van der Waals surface area contributed by atoms with E-state index in [9.17, 15) is 0 Å². The third-order valence-electron chi connectivity index (χ3n) is 2.76. The molecule has 1 N–H and O–H groups in total. The molecule has 17 heavy (non-hydrogen) atoms. The zero-order chi connectivity index (χ0) is 12.5. The summed E-state index contributed by atoms with van der Waals surface area (Å²) in [6, 6.07) is 4.02. The molecule has 0 saturated heterocycles. The fourth-order valence-corrected chi connectivity index (χ4v) is 1.35. The van der Waals surface area contributed by atoms with Gasteiger partial charge in [0.25, 0.3) is 0 Å². The van der Waals surface area contributed by atoms with E-state index in [1.54, 1.807) is 0 Å². The van der Waals surface area contributed by atoms with Gasteiger partial charge in [0.05, 0.1) is 18.5 Å². The maximum Gasteiger partial charge on any atom is 0.137 e. The molecule has 0 amide bonds. The number of rotatable bonds is 8. The molecule has 0 radical (unpaired) electrons. The molecule has 0 aliphatic rings. The van der Waals surface area contributed by atoms with Crippen LogP contribution in [0.4, 0.5) is 0 Å². The summed E-state index contributed by atoms with van der Waals surface area (Å²) < 4.78 is 5.66. The fraction of sp³-hybridized carbons (Fsp3) is 0.643. The van der Waals surface area contributed by atoms with Crippen LogP contribution in [-0.2, 0) is 6.54 Å². The second-order valence-electron chi connectivity index (χ2n) is 4.49. The molecule has 3 heteroatoms. The van der Waals surface area contributed by atoms with E-state index < -0.39 is 0 Å². The highest BCUT2D eigenvalue weighted by atomic mass is 16.5. The van der Waals surface area contributed by atoms with Gasteiger partial charge in [0.15, 0.2) is 0 Å². The van der Waals surface area contributed by atoms with Crippen LogP contribution in [0.3, 0.4) is 0 Å². The first-order valence-electron chi connectivity index (χ1n) is 6.54. The van der Waals surface area contributed by atoms with Gasteiger partial charge in [-0.05, 0) is 31.0 Å². The summed E-state index contributed by atoms with van der Waals surface area (Å²) in [6.07, 6.45) is 4.11. The number of pyridine rings is 1. The van der Waals surface area contributed by atoms with Gasteiger partial charge in [-0.1, -0.05) is 27.2 Å². The monoisotopic (exact) mass is 236 g/mol. The van der Waals surface area contributed by atoms with E-state index in [0.29, 0.717) is 5.92 Å². The topological polar surface area (TPSA) is 34.1 Å². The van der Waals surface area contributed by atoms with Crippen LogP contribution in [0.15, 0.2) is 18.3 Å². The first kappa shape index (κ1) is 14.0. The van der Waals surface area contributed by atoms with Crippen molar-refractivity contribution in [3.05, 3.63) is 24.0 Å². The third kappa shape index (κ3) is 5.68. The van der Waals surface area contributed by atoms with Crippen molar-refractivity contribution in [3.63, 3.8) is 0 Å². The van der Waals surface area contributed by atoms with Crippen molar-refractivity contribution < 1.29 is 4.74 Å². The van der Waals surface area contributed by atoms with Gasteiger partial charge in [-0.25, -0.2) is 0 Å². The quantitative estimate of drug-likeness (QED) is 0.705. The molecular weight excluding hydrogens is 212 g/mol. The highest BCUT2D eigenvalue weighted by molar-refractivity contribution is 5.19. The van der Waals surface area contributed by atoms with Crippen LogP contribution in [0.25, 0.3) is 0 Å². The van der Waals surface area contributed by atoms with Crippen LogP contribution in [0.1, 0.15) is 39.3 Å². The second kappa shape index (κ2) is 8.07. The van der Waals surface area contributed by atoms with Crippen LogP contribution in [0.2, 0.25) is 0 Å². The zero-order valence-electron chi connectivity index (χ0n) is 11.2. The predicted octanol–water partition coefficient (Wildman–Crippen LogP) is 3.01. The average molecular weight is 236 g/mol. The van der Waals surface area contributed by atoms with Crippen molar-refractivity contribution in [1.82, 2.24) is 10.3 Å². The van der Waals surface area contributed by atoms with Crippen molar-refractivity contribution >= 4 is 0 Å². The summed E-state index contributed by atoms with van der Waals surface area (Å²) >= 11 is 0. The van der Waals surface area contributed by atoms with Gasteiger partial charge < -0.3 is 10.1 Å². The summed E-state index contributed by atoms with van der Waals surface area (Å²) in [5.74, 6) is 1.46. The summed E-state index contributed by atoms with van der Waals surface area (Å²) in [6.45, 7) is 9.16. The van der Waals surface area contributed by atoms with E-state index in [1.165, 1.54) is 0 Å². The Labute approximate surface area is 105 Å². The lowest BCUT2D eigenvalue weighted by Crippen LogP contribution is -2.14. The van der Waals surface area contributed by atoms with Crippen LogP contribution in [0.5, 0.6) is 5.75 Å². The number of nitrogens with one attached hydrogen (secondary N) is 1. The van der Waals surface area contributed by atoms with Crippen LogP contribution >= 0.6 is 0 Å². The Balaban J connectivity index is 2.34. The van der Waals surface area contributed by atoms with E-state index in [4.69, 9.17) is 4.74 Å². The second-order valence-corrected chi connectivity index (χ2v) is 4.49. The molecule has 1 atom stereocenters. The van der Waals surface area contributed by atoms with Crippen molar-refractivity contribution in [2.45, 2.75) is 40.2 Å².